The molecule has 0 fully saturated rings. The molecule has 0 aliphatic rings. The van der Waals surface area contributed by atoms with E-state index in [0.29, 0.717) is 18.7 Å². The molecule has 0 aliphatic carbocycles. The zero-order valence-corrected chi connectivity index (χ0v) is 15.4. The Balaban J connectivity index is 0.00000242. The Morgan fingerprint density at radius 3 is 2.50 bits per heavy atom. The van der Waals surface area contributed by atoms with Gasteiger partial charge in [0, 0.05) is 51.9 Å². The summed E-state index contributed by atoms with van der Waals surface area (Å²) in [5, 5.41) is 9.32. The number of hydrogen-bond acceptors (Lipinski definition) is 3. The van der Waals surface area contributed by atoms with E-state index in [1.54, 1.807) is 29.2 Å². The maximum atomic E-state index is 11.8. The van der Waals surface area contributed by atoms with Crippen molar-refractivity contribution in [2.75, 3.05) is 11.4 Å². The first-order valence-electron chi connectivity index (χ1n) is 6.68. The molecule has 0 heterocycles. The van der Waals surface area contributed by atoms with Crippen LogP contribution >= 0.6 is 0 Å². The van der Waals surface area contributed by atoms with Gasteiger partial charge in [-0.2, -0.15) is 7.11 Å². The van der Waals surface area contributed by atoms with Crippen molar-refractivity contribution in [2.24, 2.45) is 0 Å². The fourth-order valence-corrected chi connectivity index (χ4v) is 2.13. The van der Waals surface area contributed by atoms with Crippen LogP contribution in [0.1, 0.15) is 12.5 Å². The van der Waals surface area contributed by atoms with Crippen molar-refractivity contribution in [3.05, 3.63) is 61.2 Å². The molecule has 2 aromatic rings. The van der Waals surface area contributed by atoms with E-state index in [1.807, 2.05) is 24.3 Å². The third kappa shape index (κ3) is 5.11. The Bertz CT molecular complexity index is 614. The number of anilines is 1. The number of ether oxygens (including phenoxy) is 1. The third-order valence-corrected chi connectivity index (χ3v) is 3.23. The van der Waals surface area contributed by atoms with Crippen LogP contribution in [0.25, 0.3) is 0 Å². The summed E-state index contributed by atoms with van der Waals surface area (Å²) in [6.45, 7) is 2.09. The van der Waals surface area contributed by atoms with E-state index < -0.39 is 0 Å². The molecular formula is C17H18NO3Y-. The van der Waals surface area contributed by atoms with Gasteiger partial charge < -0.3 is 14.7 Å². The predicted molar refractivity (Wildman–Crippen MR) is 82.3 cm³/mol. The molecule has 0 unspecified atom stereocenters. The van der Waals surface area contributed by atoms with Gasteiger partial charge in [0.05, 0.1) is 5.75 Å². The van der Waals surface area contributed by atoms with Crippen LogP contribution < -0.4 is 9.64 Å². The predicted octanol–water partition coefficient (Wildman–Crippen LogP) is 3.16. The van der Waals surface area contributed by atoms with Crippen LogP contribution in [0.4, 0.5) is 5.69 Å². The molecule has 0 saturated carbocycles. The second-order valence-electron chi connectivity index (χ2n) is 4.73. The van der Waals surface area contributed by atoms with Crippen LogP contribution in [0.15, 0.2) is 48.5 Å². The van der Waals surface area contributed by atoms with Crippen LogP contribution in [0, 0.1) is 7.11 Å². The van der Waals surface area contributed by atoms with Crippen LogP contribution in [-0.2, 0) is 43.9 Å². The SMILES string of the molecule is [CH2-]Oc1cccc(CCN(C(C)=O)c2ccc(O)cc2)c1.[Y]. The van der Waals surface area contributed by atoms with E-state index in [0.717, 1.165) is 11.3 Å². The van der Waals surface area contributed by atoms with Gasteiger partial charge in [0.25, 0.3) is 0 Å². The number of nitrogens with zero attached hydrogens (tertiary/aromatic N) is 1. The largest absolute Gasteiger partial charge is 0.665 e. The van der Waals surface area contributed by atoms with E-state index in [1.165, 1.54) is 6.92 Å². The molecular weight excluding hydrogens is 355 g/mol. The summed E-state index contributed by atoms with van der Waals surface area (Å²) in [6, 6.07) is 14.2. The molecule has 0 bridgehead atoms. The molecule has 1 radical (unpaired) electrons. The van der Waals surface area contributed by atoms with Crippen molar-refractivity contribution >= 4 is 11.6 Å². The third-order valence-electron chi connectivity index (χ3n) is 3.23. The van der Waals surface area contributed by atoms with Gasteiger partial charge in [0.15, 0.2) is 0 Å². The minimum absolute atomic E-state index is 0. The van der Waals surface area contributed by atoms with Gasteiger partial charge in [-0.15, -0.1) is 0 Å². The molecule has 1 N–H and O–H groups in total. The molecule has 0 spiro atoms. The molecule has 0 saturated heterocycles. The number of amides is 1. The van der Waals surface area contributed by atoms with Gasteiger partial charge in [-0.1, -0.05) is 12.1 Å². The van der Waals surface area contributed by atoms with E-state index in [9.17, 15) is 9.90 Å². The number of carbonyl (C=O) groups excluding carboxylic acids is 1. The molecule has 0 aliphatic heterocycles. The van der Waals surface area contributed by atoms with Gasteiger partial charge in [-0.25, -0.2) is 0 Å². The monoisotopic (exact) mass is 373 g/mol. The van der Waals surface area contributed by atoms with Crippen LogP contribution in [0.5, 0.6) is 11.5 Å². The van der Waals surface area contributed by atoms with Crippen molar-refractivity contribution in [2.45, 2.75) is 13.3 Å². The summed E-state index contributed by atoms with van der Waals surface area (Å²) in [4.78, 5) is 13.5. The quantitative estimate of drug-likeness (QED) is 0.820. The molecule has 2 aromatic carbocycles. The second-order valence-corrected chi connectivity index (χ2v) is 4.73. The number of benzene rings is 2. The van der Waals surface area contributed by atoms with Crippen molar-refractivity contribution < 1.29 is 47.3 Å². The molecule has 0 atom stereocenters. The number of carbonyl (C=O) groups is 1. The second kappa shape index (κ2) is 8.91. The Labute approximate surface area is 156 Å². The van der Waals surface area contributed by atoms with Gasteiger partial charge in [-0.3, -0.25) is 4.79 Å². The summed E-state index contributed by atoms with van der Waals surface area (Å²) in [5.74, 6) is 0.847. The normalized spacial score (nSPS) is 9.73. The van der Waals surface area contributed by atoms with Gasteiger partial charge >= 0.3 is 0 Å². The molecule has 2 rings (SSSR count). The van der Waals surface area contributed by atoms with Crippen LogP contribution in [-0.4, -0.2) is 17.6 Å². The van der Waals surface area contributed by atoms with Gasteiger partial charge in [0.1, 0.15) is 5.75 Å². The van der Waals surface area contributed by atoms with Crippen molar-refractivity contribution in [1.29, 1.82) is 0 Å². The molecule has 113 valence electrons. The van der Waals surface area contributed by atoms with Crippen LogP contribution in [0.3, 0.4) is 0 Å². The minimum atomic E-state index is -0.0368. The first kappa shape index (κ1) is 18.7. The summed E-state index contributed by atoms with van der Waals surface area (Å²) < 4.78 is 4.95. The average molecular weight is 373 g/mol. The molecule has 22 heavy (non-hydrogen) atoms. The Morgan fingerprint density at radius 2 is 1.91 bits per heavy atom. The number of hydrogen-bond donors (Lipinski definition) is 1. The summed E-state index contributed by atoms with van der Waals surface area (Å²) in [7, 11) is 3.39. The number of rotatable bonds is 5. The Morgan fingerprint density at radius 1 is 1.23 bits per heavy atom. The zero-order valence-electron chi connectivity index (χ0n) is 12.5. The number of phenols is 1. The Kier molecular flexibility index (Phi) is 7.56. The number of aromatic hydroxyl groups is 1. The first-order valence-corrected chi connectivity index (χ1v) is 6.68. The fourth-order valence-electron chi connectivity index (χ4n) is 2.13. The minimum Gasteiger partial charge on any atom is -0.665 e. The Hall–Kier alpha value is -1.39. The van der Waals surface area contributed by atoms with Crippen LogP contribution in [0.2, 0.25) is 0 Å². The fraction of sp³-hybridized carbons (Fsp3) is 0.176. The molecule has 5 heteroatoms. The van der Waals surface area contributed by atoms with Gasteiger partial charge in [-0.05, 0) is 48.4 Å². The van der Waals surface area contributed by atoms with E-state index in [2.05, 4.69) is 7.11 Å². The number of phenolic OH excluding ortho intramolecular Hbond substituents is 1. The maximum Gasteiger partial charge on any atom is 0.223 e. The molecule has 4 nitrogen and oxygen atoms in total. The van der Waals surface area contributed by atoms with E-state index in [-0.39, 0.29) is 44.4 Å². The molecule has 1 amide bonds. The van der Waals surface area contributed by atoms with Gasteiger partial charge in [0.2, 0.25) is 5.91 Å². The smallest absolute Gasteiger partial charge is 0.223 e. The average Bonchev–Trinajstić information content (AvgIpc) is 2.49. The maximum absolute atomic E-state index is 11.8. The summed E-state index contributed by atoms with van der Waals surface area (Å²) in [5.41, 5.74) is 1.84. The first-order chi connectivity index (χ1) is 10.1. The van der Waals surface area contributed by atoms with Crippen molar-refractivity contribution in [3.63, 3.8) is 0 Å². The van der Waals surface area contributed by atoms with E-state index >= 15 is 0 Å². The van der Waals surface area contributed by atoms with E-state index in [4.69, 9.17) is 4.74 Å². The standard InChI is InChI=1S/C17H18NO3.Y/c1-13(19)18(15-6-8-16(20)9-7-15)11-10-14-4-3-5-17(12-14)21-2;/h3-9,12,20H,2,10-11H2,1H3;/q-1;. The van der Waals surface area contributed by atoms with Crippen molar-refractivity contribution in [3.8, 4) is 11.5 Å². The zero-order chi connectivity index (χ0) is 15.2. The topological polar surface area (TPSA) is 49.8 Å². The molecule has 0 aromatic heterocycles. The summed E-state index contributed by atoms with van der Waals surface area (Å²) in [6.07, 6.45) is 0.706. The summed E-state index contributed by atoms with van der Waals surface area (Å²) >= 11 is 0. The van der Waals surface area contributed by atoms with Crippen molar-refractivity contribution in [1.82, 2.24) is 0 Å².